The van der Waals surface area contributed by atoms with E-state index in [1.54, 1.807) is 18.2 Å². The number of amides is 2. The van der Waals surface area contributed by atoms with Crippen LogP contribution in [0, 0.1) is 5.92 Å². The second-order valence-corrected chi connectivity index (χ2v) is 5.89. The van der Waals surface area contributed by atoms with Crippen LogP contribution in [-0.2, 0) is 9.59 Å². The van der Waals surface area contributed by atoms with Crippen molar-refractivity contribution in [2.75, 3.05) is 25.1 Å². The molecule has 0 aliphatic rings. The van der Waals surface area contributed by atoms with E-state index in [0.717, 1.165) is 6.42 Å². The molecule has 1 N–H and O–H groups in total. The topological polar surface area (TPSA) is 58.6 Å². The van der Waals surface area contributed by atoms with Crippen LogP contribution in [0.4, 0.5) is 5.69 Å². The van der Waals surface area contributed by atoms with Crippen LogP contribution in [0.25, 0.3) is 0 Å². The molecule has 0 bridgehead atoms. The highest BCUT2D eigenvalue weighted by atomic mass is 35.5. The molecular weight excluding hydrogens is 304 g/mol. The van der Waals surface area contributed by atoms with Crippen LogP contribution < -0.4 is 15.0 Å². The second-order valence-electron chi connectivity index (χ2n) is 5.45. The number of hydrogen-bond acceptors (Lipinski definition) is 3. The van der Waals surface area contributed by atoms with Gasteiger partial charge in [0.25, 0.3) is 0 Å². The third-order valence-electron chi connectivity index (χ3n) is 3.16. The largest absolute Gasteiger partial charge is 0.495 e. The Hall–Kier alpha value is -1.75. The highest BCUT2D eigenvalue weighted by molar-refractivity contribution is 6.31. The zero-order chi connectivity index (χ0) is 16.7. The van der Waals surface area contributed by atoms with E-state index in [4.69, 9.17) is 16.3 Å². The number of hydrogen-bond donors (Lipinski definition) is 1. The van der Waals surface area contributed by atoms with Crippen molar-refractivity contribution in [2.24, 2.45) is 5.92 Å². The van der Waals surface area contributed by atoms with Gasteiger partial charge < -0.3 is 10.1 Å². The summed E-state index contributed by atoms with van der Waals surface area (Å²) in [6, 6.07) is 4.96. The molecule has 0 aliphatic heterocycles. The average Bonchev–Trinajstić information content (AvgIpc) is 2.44. The molecule has 1 aromatic carbocycles. The van der Waals surface area contributed by atoms with Gasteiger partial charge in [-0.25, -0.2) is 0 Å². The van der Waals surface area contributed by atoms with Gasteiger partial charge >= 0.3 is 0 Å². The van der Waals surface area contributed by atoms with Crippen molar-refractivity contribution >= 4 is 29.1 Å². The molecule has 0 fully saturated rings. The maximum absolute atomic E-state index is 12.0. The maximum Gasteiger partial charge on any atom is 0.240 e. The van der Waals surface area contributed by atoms with Crippen LogP contribution in [0.5, 0.6) is 5.75 Å². The Kier molecular flexibility index (Phi) is 7.18. The molecule has 0 spiro atoms. The first-order valence-corrected chi connectivity index (χ1v) is 7.61. The second kappa shape index (κ2) is 8.63. The molecule has 22 heavy (non-hydrogen) atoms. The molecule has 0 atom stereocenters. The first-order valence-electron chi connectivity index (χ1n) is 7.23. The van der Waals surface area contributed by atoms with Crippen molar-refractivity contribution in [1.29, 1.82) is 0 Å². The van der Waals surface area contributed by atoms with E-state index in [1.807, 2.05) is 0 Å². The molecule has 6 heteroatoms. The lowest BCUT2D eigenvalue weighted by Gasteiger charge is -2.23. The van der Waals surface area contributed by atoms with Crippen LogP contribution in [0.15, 0.2) is 18.2 Å². The van der Waals surface area contributed by atoms with Crippen molar-refractivity contribution in [3.63, 3.8) is 0 Å². The van der Waals surface area contributed by atoms with Crippen molar-refractivity contribution in [1.82, 2.24) is 5.32 Å². The minimum absolute atomic E-state index is 0.0653. The van der Waals surface area contributed by atoms with Crippen molar-refractivity contribution in [2.45, 2.75) is 27.2 Å². The molecule has 1 rings (SSSR count). The number of halogens is 1. The first kappa shape index (κ1) is 18.3. The number of nitrogens with one attached hydrogen (secondary N) is 1. The zero-order valence-electron chi connectivity index (χ0n) is 13.5. The summed E-state index contributed by atoms with van der Waals surface area (Å²) in [5, 5.41) is 3.29. The van der Waals surface area contributed by atoms with Crippen LogP contribution in [0.2, 0.25) is 5.02 Å². The van der Waals surface area contributed by atoms with Crippen LogP contribution in [0.3, 0.4) is 0 Å². The lowest BCUT2D eigenvalue weighted by molar-refractivity contribution is -0.123. The summed E-state index contributed by atoms with van der Waals surface area (Å²) in [4.78, 5) is 25.3. The van der Waals surface area contributed by atoms with Gasteiger partial charge in [0.1, 0.15) is 12.3 Å². The van der Waals surface area contributed by atoms with E-state index in [-0.39, 0.29) is 18.4 Å². The highest BCUT2D eigenvalue weighted by Gasteiger charge is 2.19. The average molecular weight is 327 g/mol. The minimum Gasteiger partial charge on any atom is -0.495 e. The summed E-state index contributed by atoms with van der Waals surface area (Å²) in [6.07, 6.45) is 0.895. The highest BCUT2D eigenvalue weighted by Crippen LogP contribution is 2.31. The summed E-state index contributed by atoms with van der Waals surface area (Å²) in [5.74, 6) is 0.546. The van der Waals surface area contributed by atoms with E-state index < -0.39 is 0 Å². The maximum atomic E-state index is 12.0. The number of benzene rings is 1. The summed E-state index contributed by atoms with van der Waals surface area (Å²) >= 11 is 5.98. The predicted molar refractivity (Wildman–Crippen MR) is 88.5 cm³/mol. The molecule has 0 saturated heterocycles. The number of nitrogens with zero attached hydrogens (tertiary/aromatic N) is 1. The first-order chi connectivity index (χ1) is 10.3. The van der Waals surface area contributed by atoms with Gasteiger partial charge in [-0.15, -0.1) is 0 Å². The van der Waals surface area contributed by atoms with Gasteiger partial charge in [0.05, 0.1) is 12.8 Å². The quantitative estimate of drug-likeness (QED) is 0.838. The number of ether oxygens (including phenoxy) is 1. The fourth-order valence-corrected chi connectivity index (χ4v) is 2.11. The molecular formula is C16H23ClN2O3. The number of methoxy groups -OCH3 is 1. The molecule has 0 aromatic heterocycles. The number of carbonyl (C=O) groups excluding carboxylic acids is 2. The Bertz CT molecular complexity index is 532. The number of anilines is 1. The lowest BCUT2D eigenvalue weighted by Crippen LogP contribution is -2.40. The predicted octanol–water partition coefficient (Wildman–Crippen LogP) is 2.86. The van der Waals surface area contributed by atoms with E-state index in [1.165, 1.54) is 18.9 Å². The molecule has 2 amide bonds. The van der Waals surface area contributed by atoms with Gasteiger partial charge in [0, 0.05) is 18.5 Å². The SMILES string of the molecule is COc1ccc(Cl)cc1N(CC(=O)NCCC(C)C)C(C)=O. The third kappa shape index (κ3) is 5.56. The van der Waals surface area contributed by atoms with Crippen molar-refractivity contribution < 1.29 is 14.3 Å². The Morgan fingerprint density at radius 2 is 2.05 bits per heavy atom. The normalized spacial score (nSPS) is 10.5. The molecule has 1 aromatic rings. The Morgan fingerprint density at radius 1 is 1.36 bits per heavy atom. The molecule has 122 valence electrons. The Balaban J connectivity index is 2.84. The van der Waals surface area contributed by atoms with Gasteiger partial charge in [0.2, 0.25) is 11.8 Å². The van der Waals surface area contributed by atoms with Gasteiger partial charge in [-0.2, -0.15) is 0 Å². The van der Waals surface area contributed by atoms with E-state index >= 15 is 0 Å². The smallest absolute Gasteiger partial charge is 0.240 e. The van der Waals surface area contributed by atoms with E-state index in [0.29, 0.717) is 28.9 Å². The fraction of sp³-hybridized carbons (Fsp3) is 0.500. The zero-order valence-corrected chi connectivity index (χ0v) is 14.2. The third-order valence-corrected chi connectivity index (χ3v) is 3.39. The standard InChI is InChI=1S/C16H23ClN2O3/c1-11(2)7-8-18-16(21)10-19(12(3)20)14-9-13(17)5-6-15(14)22-4/h5-6,9,11H,7-8,10H2,1-4H3,(H,18,21). The van der Waals surface area contributed by atoms with Crippen LogP contribution >= 0.6 is 11.6 Å². The molecule has 0 saturated carbocycles. The number of rotatable bonds is 7. The van der Waals surface area contributed by atoms with Gasteiger partial charge in [-0.1, -0.05) is 25.4 Å². The molecule has 0 aliphatic carbocycles. The summed E-state index contributed by atoms with van der Waals surface area (Å²) in [7, 11) is 1.51. The van der Waals surface area contributed by atoms with Crippen molar-refractivity contribution in [3.05, 3.63) is 23.2 Å². The summed E-state index contributed by atoms with van der Waals surface area (Å²) < 4.78 is 5.24. The van der Waals surface area contributed by atoms with E-state index in [9.17, 15) is 9.59 Å². The van der Waals surface area contributed by atoms with Gasteiger partial charge in [0.15, 0.2) is 0 Å². The molecule has 5 nitrogen and oxygen atoms in total. The fourth-order valence-electron chi connectivity index (χ4n) is 1.94. The van der Waals surface area contributed by atoms with Gasteiger partial charge in [-0.05, 0) is 30.5 Å². The minimum atomic E-state index is -0.250. The summed E-state index contributed by atoms with van der Waals surface area (Å²) in [6.45, 7) is 6.11. The molecule has 0 radical (unpaired) electrons. The molecule has 0 heterocycles. The number of carbonyl (C=O) groups is 2. The Morgan fingerprint density at radius 3 is 2.59 bits per heavy atom. The molecule has 0 unspecified atom stereocenters. The Labute approximate surface area is 136 Å². The van der Waals surface area contributed by atoms with Gasteiger partial charge in [-0.3, -0.25) is 14.5 Å². The monoisotopic (exact) mass is 326 g/mol. The van der Waals surface area contributed by atoms with Crippen LogP contribution in [-0.4, -0.2) is 32.0 Å². The lowest BCUT2D eigenvalue weighted by atomic mass is 10.1. The van der Waals surface area contributed by atoms with Crippen LogP contribution in [0.1, 0.15) is 27.2 Å². The summed E-state index contributed by atoms with van der Waals surface area (Å²) in [5.41, 5.74) is 0.488. The van der Waals surface area contributed by atoms with E-state index in [2.05, 4.69) is 19.2 Å². The van der Waals surface area contributed by atoms with Crippen molar-refractivity contribution in [3.8, 4) is 5.75 Å².